The number of Topliss-reactive ketones (excluding diaryl/α,β-unsaturated/α-hetero) is 1. The van der Waals surface area contributed by atoms with E-state index < -0.39 is 5.60 Å². The zero-order valence-electron chi connectivity index (χ0n) is 18.4. The molecule has 1 fully saturated rings. The molecule has 1 aliphatic heterocycles. The summed E-state index contributed by atoms with van der Waals surface area (Å²) in [6.45, 7) is 7.17. The fraction of sp³-hybridized carbons (Fsp3) is 0.423. The van der Waals surface area contributed by atoms with Crippen LogP contribution in [-0.4, -0.2) is 40.0 Å². The molecule has 5 heteroatoms. The van der Waals surface area contributed by atoms with Crippen LogP contribution in [0.3, 0.4) is 0 Å². The van der Waals surface area contributed by atoms with E-state index in [1.165, 1.54) is 12.1 Å². The van der Waals surface area contributed by atoms with Crippen LogP contribution in [0.2, 0.25) is 0 Å². The van der Waals surface area contributed by atoms with Gasteiger partial charge >= 0.3 is 0 Å². The van der Waals surface area contributed by atoms with Crippen LogP contribution in [0.15, 0.2) is 54.7 Å². The summed E-state index contributed by atoms with van der Waals surface area (Å²) in [7, 11) is 0. The number of carbonyl (C=O) groups is 1. The molecule has 2 unspecified atom stereocenters. The van der Waals surface area contributed by atoms with Crippen molar-refractivity contribution in [2.75, 3.05) is 19.6 Å². The van der Waals surface area contributed by atoms with Crippen LogP contribution in [0.4, 0.5) is 4.39 Å². The highest BCUT2D eigenvalue weighted by Crippen LogP contribution is 2.32. The van der Waals surface area contributed by atoms with Gasteiger partial charge in [-0.15, -0.1) is 0 Å². The number of fused-ring (bicyclic) bond motifs is 1. The number of nitrogens with zero attached hydrogens (tertiary/aromatic N) is 2. The largest absolute Gasteiger partial charge is 0.385 e. The van der Waals surface area contributed by atoms with Gasteiger partial charge in [-0.25, -0.2) is 4.39 Å². The minimum atomic E-state index is -0.964. The molecule has 2 atom stereocenters. The highest BCUT2D eigenvalue weighted by Gasteiger charge is 2.30. The van der Waals surface area contributed by atoms with Gasteiger partial charge in [-0.2, -0.15) is 0 Å². The van der Waals surface area contributed by atoms with E-state index in [0.717, 1.165) is 61.1 Å². The molecule has 164 valence electrons. The smallest absolute Gasteiger partial charge is 0.161 e. The Balaban J connectivity index is 1.40. The van der Waals surface area contributed by atoms with Crippen molar-refractivity contribution in [3.63, 3.8) is 0 Å². The van der Waals surface area contributed by atoms with Crippen molar-refractivity contribution in [2.45, 2.75) is 45.3 Å². The molecule has 0 amide bonds. The van der Waals surface area contributed by atoms with Gasteiger partial charge in [-0.05, 0) is 69.3 Å². The highest BCUT2D eigenvalue weighted by atomic mass is 19.1. The number of ketones is 1. The summed E-state index contributed by atoms with van der Waals surface area (Å²) in [5, 5.41) is 12.0. The normalized spacial score (nSPS) is 19.4. The molecule has 1 saturated heterocycles. The Hall–Kier alpha value is -2.50. The molecule has 2 aromatic carbocycles. The van der Waals surface area contributed by atoms with Crippen molar-refractivity contribution >= 4 is 16.7 Å². The zero-order valence-corrected chi connectivity index (χ0v) is 18.4. The van der Waals surface area contributed by atoms with Crippen molar-refractivity contribution in [3.8, 4) is 0 Å². The summed E-state index contributed by atoms with van der Waals surface area (Å²) in [6.07, 6.45) is 4.84. The summed E-state index contributed by atoms with van der Waals surface area (Å²) >= 11 is 0. The lowest BCUT2D eigenvalue weighted by Gasteiger charge is -2.36. The van der Waals surface area contributed by atoms with E-state index in [9.17, 15) is 14.3 Å². The first-order chi connectivity index (χ1) is 14.8. The van der Waals surface area contributed by atoms with Crippen molar-refractivity contribution in [1.29, 1.82) is 0 Å². The third-order valence-corrected chi connectivity index (χ3v) is 6.58. The Labute approximate surface area is 183 Å². The Kier molecular flexibility index (Phi) is 6.26. The van der Waals surface area contributed by atoms with E-state index in [0.29, 0.717) is 12.3 Å². The Morgan fingerprint density at radius 1 is 1.16 bits per heavy atom. The van der Waals surface area contributed by atoms with Crippen LogP contribution in [0, 0.1) is 11.7 Å². The SMILES string of the molecule is CC(=O)c1cn(CCN2CCCC(CC(C)(O)c3ccc(F)cc3)C2)c2ccccc12. The van der Waals surface area contributed by atoms with Gasteiger partial charge in [-0.3, -0.25) is 4.79 Å². The van der Waals surface area contributed by atoms with Gasteiger partial charge in [-0.1, -0.05) is 30.3 Å². The number of para-hydroxylation sites is 1. The molecular formula is C26H31FN2O2. The highest BCUT2D eigenvalue weighted by molar-refractivity contribution is 6.06. The fourth-order valence-corrected chi connectivity index (χ4v) is 4.97. The molecule has 1 aliphatic rings. The summed E-state index contributed by atoms with van der Waals surface area (Å²) < 4.78 is 15.4. The van der Waals surface area contributed by atoms with Gasteiger partial charge in [0.05, 0.1) is 5.60 Å². The van der Waals surface area contributed by atoms with Gasteiger partial charge < -0.3 is 14.6 Å². The van der Waals surface area contributed by atoms with E-state index in [2.05, 4.69) is 15.5 Å². The molecule has 0 saturated carbocycles. The number of carbonyl (C=O) groups excluding carboxylic acids is 1. The van der Waals surface area contributed by atoms with Crippen LogP contribution in [0.25, 0.3) is 10.9 Å². The summed E-state index contributed by atoms with van der Waals surface area (Å²) in [5.41, 5.74) is 1.68. The number of hydrogen-bond acceptors (Lipinski definition) is 3. The lowest BCUT2D eigenvalue weighted by molar-refractivity contribution is 0.0141. The molecule has 4 rings (SSSR count). The average molecular weight is 423 g/mol. The fourth-order valence-electron chi connectivity index (χ4n) is 4.97. The molecule has 2 heterocycles. The minimum Gasteiger partial charge on any atom is -0.385 e. The van der Waals surface area contributed by atoms with Crippen LogP contribution < -0.4 is 0 Å². The summed E-state index contributed by atoms with van der Waals surface area (Å²) in [6, 6.07) is 14.2. The minimum absolute atomic E-state index is 0.0935. The lowest BCUT2D eigenvalue weighted by Crippen LogP contribution is -2.39. The molecule has 3 aromatic rings. The molecule has 0 radical (unpaired) electrons. The predicted molar refractivity (Wildman–Crippen MR) is 122 cm³/mol. The Bertz CT molecular complexity index is 1050. The number of aliphatic hydroxyl groups is 1. The molecule has 31 heavy (non-hydrogen) atoms. The lowest BCUT2D eigenvalue weighted by atomic mass is 9.82. The second-order valence-electron chi connectivity index (χ2n) is 9.10. The number of rotatable bonds is 7. The summed E-state index contributed by atoms with van der Waals surface area (Å²) in [4.78, 5) is 14.5. The van der Waals surface area contributed by atoms with Gasteiger partial charge in [0.2, 0.25) is 0 Å². The first kappa shape index (κ1) is 21.7. The monoisotopic (exact) mass is 422 g/mol. The Morgan fingerprint density at radius 3 is 2.65 bits per heavy atom. The van der Waals surface area contributed by atoms with Crippen LogP contribution in [-0.2, 0) is 12.1 Å². The maximum Gasteiger partial charge on any atom is 0.161 e. The van der Waals surface area contributed by atoms with E-state index in [4.69, 9.17) is 0 Å². The predicted octanol–water partition coefficient (Wildman–Crippen LogP) is 4.99. The van der Waals surface area contributed by atoms with E-state index >= 15 is 0 Å². The van der Waals surface area contributed by atoms with Crippen molar-refractivity contribution in [3.05, 3.63) is 71.7 Å². The molecule has 1 aromatic heterocycles. The van der Waals surface area contributed by atoms with Crippen LogP contribution in [0.1, 0.15) is 49.0 Å². The zero-order chi connectivity index (χ0) is 22.0. The van der Waals surface area contributed by atoms with Crippen LogP contribution in [0.5, 0.6) is 0 Å². The molecule has 0 aliphatic carbocycles. The first-order valence-electron chi connectivity index (χ1n) is 11.1. The first-order valence-corrected chi connectivity index (χ1v) is 11.1. The number of benzene rings is 2. The topological polar surface area (TPSA) is 45.5 Å². The number of halogens is 1. The van der Waals surface area contributed by atoms with E-state index in [1.807, 2.05) is 31.3 Å². The number of aromatic nitrogens is 1. The molecule has 0 bridgehead atoms. The second-order valence-corrected chi connectivity index (χ2v) is 9.10. The third kappa shape index (κ3) is 4.89. The van der Waals surface area contributed by atoms with Gasteiger partial charge in [0.25, 0.3) is 0 Å². The molecule has 1 N–H and O–H groups in total. The third-order valence-electron chi connectivity index (χ3n) is 6.58. The number of hydrogen-bond donors (Lipinski definition) is 1. The molecule has 0 spiro atoms. The van der Waals surface area contributed by atoms with Gasteiger partial charge in [0.15, 0.2) is 5.78 Å². The van der Waals surface area contributed by atoms with Crippen molar-refractivity contribution in [2.24, 2.45) is 5.92 Å². The second kappa shape index (κ2) is 8.93. The van der Waals surface area contributed by atoms with Crippen molar-refractivity contribution < 1.29 is 14.3 Å². The molecule has 4 nitrogen and oxygen atoms in total. The van der Waals surface area contributed by atoms with Crippen molar-refractivity contribution in [1.82, 2.24) is 9.47 Å². The van der Waals surface area contributed by atoms with Gasteiger partial charge in [0.1, 0.15) is 5.82 Å². The van der Waals surface area contributed by atoms with E-state index in [1.54, 1.807) is 19.1 Å². The number of likely N-dealkylation sites (tertiary alicyclic amines) is 1. The van der Waals surface area contributed by atoms with Gasteiger partial charge in [0, 0.05) is 42.3 Å². The van der Waals surface area contributed by atoms with E-state index in [-0.39, 0.29) is 11.6 Å². The number of piperidine rings is 1. The maximum atomic E-state index is 13.2. The van der Waals surface area contributed by atoms with Crippen LogP contribution >= 0.6 is 0 Å². The average Bonchev–Trinajstić information content (AvgIpc) is 3.12. The quantitative estimate of drug-likeness (QED) is 0.546. The standard InChI is InChI=1S/C26H31FN2O2/c1-19(30)24-18-29(25-8-4-3-7-23(24)25)15-14-28-13-5-6-20(17-28)16-26(2,31)21-9-11-22(27)12-10-21/h3-4,7-12,18,20,31H,5-6,13-17H2,1-2H3. The Morgan fingerprint density at radius 2 is 1.90 bits per heavy atom. The summed E-state index contributed by atoms with van der Waals surface area (Å²) in [5.74, 6) is 0.202. The molecular weight excluding hydrogens is 391 g/mol. The maximum absolute atomic E-state index is 13.2.